The number of para-hydroxylation sites is 2. The molecule has 0 bridgehead atoms. The number of benzene rings is 1. The third-order valence-electron chi connectivity index (χ3n) is 3.38. The van der Waals surface area contributed by atoms with Gasteiger partial charge in [-0.15, -0.1) is 0 Å². The van der Waals surface area contributed by atoms with Crippen molar-refractivity contribution in [1.29, 1.82) is 0 Å². The molecule has 0 fully saturated rings. The quantitative estimate of drug-likeness (QED) is 0.845. The fourth-order valence-corrected chi connectivity index (χ4v) is 2.48. The highest BCUT2D eigenvalue weighted by Crippen LogP contribution is 2.19. The maximum atomic E-state index is 6.34. The number of aryl methyl sites for hydroxylation is 1. The van der Waals surface area contributed by atoms with Gasteiger partial charge >= 0.3 is 0 Å². The van der Waals surface area contributed by atoms with Gasteiger partial charge in [-0.25, -0.2) is 4.98 Å². The zero-order chi connectivity index (χ0) is 14.6. The number of rotatable bonds is 7. The molecule has 4 heteroatoms. The van der Waals surface area contributed by atoms with Gasteiger partial charge in [-0.1, -0.05) is 19.1 Å². The van der Waals surface area contributed by atoms with E-state index >= 15 is 0 Å². The summed E-state index contributed by atoms with van der Waals surface area (Å²) >= 11 is 0. The van der Waals surface area contributed by atoms with Crippen LogP contribution in [0.25, 0.3) is 11.0 Å². The van der Waals surface area contributed by atoms with Crippen LogP contribution in [0.5, 0.6) is 0 Å². The van der Waals surface area contributed by atoms with Gasteiger partial charge in [0.25, 0.3) is 0 Å². The van der Waals surface area contributed by atoms with Gasteiger partial charge in [-0.2, -0.15) is 0 Å². The lowest BCUT2D eigenvalue weighted by Crippen LogP contribution is -2.44. The summed E-state index contributed by atoms with van der Waals surface area (Å²) in [5.41, 5.74) is 8.19. The Kier molecular flexibility index (Phi) is 4.78. The average molecular weight is 275 g/mol. The highest BCUT2D eigenvalue weighted by Gasteiger charge is 2.23. The minimum atomic E-state index is -0.386. The SMILES string of the molecule is CCCn1c(CC(C)(N)COCC)nc2ccccc21. The summed E-state index contributed by atoms with van der Waals surface area (Å²) < 4.78 is 7.77. The molecule has 0 aliphatic rings. The largest absolute Gasteiger partial charge is 0.380 e. The third-order valence-corrected chi connectivity index (χ3v) is 3.38. The van der Waals surface area contributed by atoms with E-state index in [4.69, 9.17) is 15.5 Å². The molecule has 0 amide bonds. The van der Waals surface area contributed by atoms with Crippen LogP contribution in [-0.4, -0.2) is 28.3 Å². The molecule has 1 atom stereocenters. The Morgan fingerprint density at radius 1 is 1.30 bits per heavy atom. The summed E-state index contributed by atoms with van der Waals surface area (Å²) in [6.07, 6.45) is 1.81. The molecular weight excluding hydrogens is 250 g/mol. The molecule has 4 nitrogen and oxygen atoms in total. The molecule has 110 valence electrons. The molecule has 2 N–H and O–H groups in total. The van der Waals surface area contributed by atoms with Crippen molar-refractivity contribution in [3.05, 3.63) is 30.1 Å². The second-order valence-corrected chi connectivity index (χ2v) is 5.64. The Morgan fingerprint density at radius 3 is 2.75 bits per heavy atom. The minimum absolute atomic E-state index is 0.386. The summed E-state index contributed by atoms with van der Waals surface area (Å²) in [4.78, 5) is 4.75. The first-order valence-corrected chi connectivity index (χ1v) is 7.38. The number of aromatic nitrogens is 2. The Morgan fingerprint density at radius 2 is 2.05 bits per heavy atom. The molecule has 1 unspecified atom stereocenters. The van der Waals surface area contributed by atoms with E-state index in [9.17, 15) is 0 Å². The van der Waals surface area contributed by atoms with Gasteiger partial charge in [0.2, 0.25) is 0 Å². The van der Waals surface area contributed by atoms with Crippen LogP contribution in [0.3, 0.4) is 0 Å². The average Bonchev–Trinajstić information content (AvgIpc) is 2.74. The highest BCUT2D eigenvalue weighted by molar-refractivity contribution is 5.75. The van der Waals surface area contributed by atoms with Crippen LogP contribution in [-0.2, 0) is 17.7 Å². The van der Waals surface area contributed by atoms with Crippen LogP contribution < -0.4 is 5.73 Å². The van der Waals surface area contributed by atoms with E-state index in [1.165, 1.54) is 5.52 Å². The van der Waals surface area contributed by atoms with Crippen molar-refractivity contribution in [2.75, 3.05) is 13.2 Å². The molecule has 1 aromatic heterocycles. The summed E-state index contributed by atoms with van der Waals surface area (Å²) in [6, 6.07) is 8.26. The van der Waals surface area contributed by atoms with Gasteiger partial charge < -0.3 is 15.0 Å². The second kappa shape index (κ2) is 6.37. The Bertz CT molecular complexity index is 560. The maximum Gasteiger partial charge on any atom is 0.111 e. The summed E-state index contributed by atoms with van der Waals surface area (Å²) in [5.74, 6) is 1.05. The lowest BCUT2D eigenvalue weighted by Gasteiger charge is -2.24. The van der Waals surface area contributed by atoms with Gasteiger partial charge in [0.15, 0.2) is 0 Å². The normalized spacial score (nSPS) is 14.6. The van der Waals surface area contributed by atoms with E-state index in [1.54, 1.807) is 0 Å². The minimum Gasteiger partial charge on any atom is -0.380 e. The predicted molar refractivity (Wildman–Crippen MR) is 82.8 cm³/mol. The van der Waals surface area contributed by atoms with E-state index in [0.29, 0.717) is 13.2 Å². The van der Waals surface area contributed by atoms with E-state index in [1.807, 2.05) is 19.9 Å². The van der Waals surface area contributed by atoms with E-state index in [-0.39, 0.29) is 5.54 Å². The molecule has 20 heavy (non-hydrogen) atoms. The highest BCUT2D eigenvalue weighted by atomic mass is 16.5. The first-order chi connectivity index (χ1) is 9.57. The molecule has 0 saturated carbocycles. The van der Waals surface area contributed by atoms with Crippen molar-refractivity contribution >= 4 is 11.0 Å². The lowest BCUT2D eigenvalue weighted by molar-refractivity contribution is 0.100. The molecule has 0 saturated heterocycles. The molecule has 2 aromatic rings. The smallest absolute Gasteiger partial charge is 0.111 e. The van der Waals surface area contributed by atoms with Gasteiger partial charge in [0.1, 0.15) is 5.82 Å². The van der Waals surface area contributed by atoms with Gasteiger partial charge in [-0.3, -0.25) is 0 Å². The monoisotopic (exact) mass is 275 g/mol. The van der Waals surface area contributed by atoms with Crippen molar-refractivity contribution in [3.63, 3.8) is 0 Å². The molecule has 0 aliphatic heterocycles. The molecule has 0 aliphatic carbocycles. The van der Waals surface area contributed by atoms with E-state index < -0.39 is 0 Å². The Labute approximate surface area is 120 Å². The Hall–Kier alpha value is -1.39. The lowest BCUT2D eigenvalue weighted by atomic mass is 10.00. The van der Waals surface area contributed by atoms with Crippen molar-refractivity contribution in [3.8, 4) is 0 Å². The fourth-order valence-electron chi connectivity index (χ4n) is 2.48. The summed E-state index contributed by atoms with van der Waals surface area (Å²) in [7, 11) is 0. The number of nitrogens with two attached hydrogens (primary N) is 1. The molecular formula is C16H25N3O. The predicted octanol–water partition coefficient (Wildman–Crippen LogP) is 2.74. The number of hydrogen-bond donors (Lipinski definition) is 1. The zero-order valence-corrected chi connectivity index (χ0v) is 12.7. The van der Waals surface area contributed by atoms with Crippen LogP contribution in [0.1, 0.15) is 33.0 Å². The van der Waals surface area contributed by atoms with E-state index in [0.717, 1.165) is 30.7 Å². The standard InChI is InChI=1S/C16H25N3O/c1-4-10-19-14-9-7-6-8-13(14)18-15(19)11-16(3,17)12-20-5-2/h6-9H,4-5,10-12,17H2,1-3H3. The van der Waals surface area contributed by atoms with Crippen LogP contribution >= 0.6 is 0 Å². The van der Waals surface area contributed by atoms with Crippen molar-refractivity contribution < 1.29 is 4.74 Å². The van der Waals surface area contributed by atoms with E-state index in [2.05, 4.69) is 29.7 Å². The van der Waals surface area contributed by atoms with Gasteiger partial charge in [0, 0.05) is 25.1 Å². The first kappa shape index (κ1) is 15.0. The maximum absolute atomic E-state index is 6.34. The van der Waals surface area contributed by atoms with Crippen LogP contribution in [0.2, 0.25) is 0 Å². The van der Waals surface area contributed by atoms with Gasteiger partial charge in [0.05, 0.1) is 17.6 Å². The molecule has 1 heterocycles. The number of ether oxygens (including phenoxy) is 1. The Balaban J connectivity index is 2.30. The van der Waals surface area contributed by atoms with Crippen molar-refractivity contribution in [1.82, 2.24) is 9.55 Å². The number of imidazole rings is 1. The van der Waals surface area contributed by atoms with Crippen LogP contribution in [0.15, 0.2) is 24.3 Å². The molecule has 1 aromatic carbocycles. The molecule has 2 rings (SSSR count). The second-order valence-electron chi connectivity index (χ2n) is 5.64. The summed E-state index contributed by atoms with van der Waals surface area (Å²) in [5, 5.41) is 0. The molecule has 0 spiro atoms. The number of hydrogen-bond acceptors (Lipinski definition) is 3. The van der Waals surface area contributed by atoms with Crippen molar-refractivity contribution in [2.45, 2.75) is 45.7 Å². The number of nitrogens with zero attached hydrogens (tertiary/aromatic N) is 2. The van der Waals surface area contributed by atoms with Crippen LogP contribution in [0.4, 0.5) is 0 Å². The first-order valence-electron chi connectivity index (χ1n) is 7.38. The third kappa shape index (κ3) is 3.38. The zero-order valence-electron chi connectivity index (χ0n) is 12.7. The fraction of sp³-hybridized carbons (Fsp3) is 0.562. The summed E-state index contributed by atoms with van der Waals surface area (Å²) in [6.45, 7) is 8.42. The molecule has 0 radical (unpaired) electrons. The van der Waals surface area contributed by atoms with Crippen molar-refractivity contribution in [2.24, 2.45) is 5.73 Å². The van der Waals surface area contributed by atoms with Gasteiger partial charge in [-0.05, 0) is 32.4 Å². The number of fused-ring (bicyclic) bond motifs is 1. The van der Waals surface area contributed by atoms with Crippen LogP contribution in [0, 0.1) is 0 Å². The topological polar surface area (TPSA) is 53.1 Å².